The lowest BCUT2D eigenvalue weighted by atomic mass is 10.0. The standard InChI is InChI=1S/C8H13FO.C7H13FN2O.H2/c1-5(2)8(10)6(3)7(4)9;1-9-7(11)6(8)4-5-10(2)3;/h5H,1-4H3;4H,5H2,1-3H3,(H,9,11);1H/b7-6-;6-4+;. The summed E-state index contributed by atoms with van der Waals surface area (Å²) in [7, 11) is 4.99. The summed E-state index contributed by atoms with van der Waals surface area (Å²) >= 11 is 0. The molecule has 1 amide bonds. The number of carbonyl (C=O) groups is 2. The Morgan fingerprint density at radius 3 is 1.95 bits per heavy atom. The van der Waals surface area contributed by atoms with E-state index in [4.69, 9.17) is 0 Å². The molecule has 21 heavy (non-hydrogen) atoms. The highest BCUT2D eigenvalue weighted by Gasteiger charge is 2.11. The van der Waals surface area contributed by atoms with E-state index in [0.29, 0.717) is 6.54 Å². The molecule has 0 aliphatic carbocycles. The van der Waals surface area contributed by atoms with Gasteiger partial charge in [0.2, 0.25) is 0 Å². The van der Waals surface area contributed by atoms with E-state index in [-0.39, 0.29) is 24.5 Å². The van der Waals surface area contributed by atoms with E-state index in [1.54, 1.807) is 32.8 Å². The van der Waals surface area contributed by atoms with Crippen LogP contribution in [-0.4, -0.2) is 44.3 Å². The zero-order valence-electron chi connectivity index (χ0n) is 13.9. The third-order valence-electron chi connectivity index (χ3n) is 2.49. The van der Waals surface area contributed by atoms with Crippen molar-refractivity contribution >= 4 is 11.7 Å². The largest absolute Gasteiger partial charge is 0.353 e. The Kier molecular flexibility index (Phi) is 11.5. The van der Waals surface area contributed by atoms with Crippen molar-refractivity contribution in [1.82, 2.24) is 10.2 Å². The fourth-order valence-corrected chi connectivity index (χ4v) is 1.08. The smallest absolute Gasteiger partial charge is 0.279 e. The fraction of sp³-hybridized carbons (Fsp3) is 0.600. The molecule has 0 aliphatic heterocycles. The first kappa shape index (κ1) is 21.7. The first-order valence-corrected chi connectivity index (χ1v) is 6.64. The van der Waals surface area contributed by atoms with Gasteiger partial charge in [-0.25, -0.2) is 8.78 Å². The second kappa shape index (κ2) is 11.1. The maximum absolute atomic E-state index is 12.6. The topological polar surface area (TPSA) is 49.4 Å². The Bertz CT molecular complexity index is 416. The Morgan fingerprint density at radius 1 is 1.24 bits per heavy atom. The molecule has 0 spiro atoms. The fourth-order valence-electron chi connectivity index (χ4n) is 1.08. The normalized spacial score (nSPS) is 12.6. The SMILES string of the molecule is C/C(F)=C(\C)C(=O)C(C)C.CNC(=O)/C(F)=C\CN(C)C.[HH]. The quantitative estimate of drug-likeness (QED) is 0.795. The van der Waals surface area contributed by atoms with Crippen molar-refractivity contribution in [2.24, 2.45) is 5.92 Å². The van der Waals surface area contributed by atoms with Crippen molar-refractivity contribution in [3.63, 3.8) is 0 Å². The lowest BCUT2D eigenvalue weighted by molar-refractivity contribution is -0.119. The van der Waals surface area contributed by atoms with Gasteiger partial charge in [0.15, 0.2) is 11.6 Å². The summed E-state index contributed by atoms with van der Waals surface area (Å²) in [6, 6.07) is 0. The molecule has 0 aromatic rings. The van der Waals surface area contributed by atoms with E-state index in [9.17, 15) is 18.4 Å². The Labute approximate surface area is 127 Å². The van der Waals surface area contributed by atoms with Crippen molar-refractivity contribution in [2.75, 3.05) is 27.7 Å². The van der Waals surface area contributed by atoms with Gasteiger partial charge in [0.25, 0.3) is 5.91 Å². The number of carbonyl (C=O) groups excluding carboxylic acids is 2. The number of nitrogens with one attached hydrogen (secondary N) is 1. The molecular formula is C15H28F2N2O2. The van der Waals surface area contributed by atoms with Crippen molar-refractivity contribution in [1.29, 1.82) is 0 Å². The van der Waals surface area contributed by atoms with Crippen LogP contribution >= 0.6 is 0 Å². The number of amides is 1. The molecule has 0 radical (unpaired) electrons. The molecule has 1 N–H and O–H groups in total. The van der Waals surface area contributed by atoms with Gasteiger partial charge in [0, 0.05) is 26.5 Å². The van der Waals surface area contributed by atoms with Gasteiger partial charge in [0.05, 0.1) is 0 Å². The zero-order chi connectivity index (χ0) is 17.2. The molecule has 0 bridgehead atoms. The molecule has 0 aliphatic rings. The van der Waals surface area contributed by atoms with Gasteiger partial charge >= 0.3 is 0 Å². The third kappa shape index (κ3) is 10.8. The van der Waals surface area contributed by atoms with Gasteiger partial charge < -0.3 is 10.2 Å². The Morgan fingerprint density at radius 2 is 1.71 bits per heavy atom. The van der Waals surface area contributed by atoms with Crippen molar-refractivity contribution in [2.45, 2.75) is 27.7 Å². The van der Waals surface area contributed by atoms with Crippen molar-refractivity contribution < 1.29 is 19.8 Å². The molecule has 124 valence electrons. The zero-order valence-corrected chi connectivity index (χ0v) is 13.9. The van der Waals surface area contributed by atoms with E-state index in [2.05, 4.69) is 5.32 Å². The summed E-state index contributed by atoms with van der Waals surface area (Å²) in [5, 5.41) is 2.19. The van der Waals surface area contributed by atoms with Crippen LogP contribution in [-0.2, 0) is 9.59 Å². The summed E-state index contributed by atoms with van der Waals surface area (Å²) in [5.74, 6) is -2.00. The minimum absolute atomic E-state index is 0. The van der Waals surface area contributed by atoms with Gasteiger partial charge in [-0.1, -0.05) is 13.8 Å². The van der Waals surface area contributed by atoms with Crippen LogP contribution in [0.3, 0.4) is 0 Å². The second-order valence-electron chi connectivity index (χ2n) is 5.07. The summed E-state index contributed by atoms with van der Waals surface area (Å²) in [5.41, 5.74) is 0.245. The molecule has 0 aromatic heterocycles. The predicted octanol–water partition coefficient (Wildman–Crippen LogP) is 2.87. The minimum atomic E-state index is -0.735. The van der Waals surface area contributed by atoms with Crippen molar-refractivity contribution in [3.05, 3.63) is 23.3 Å². The van der Waals surface area contributed by atoms with Gasteiger partial charge in [0.1, 0.15) is 5.83 Å². The highest BCUT2D eigenvalue weighted by atomic mass is 19.1. The maximum Gasteiger partial charge on any atom is 0.279 e. The summed E-state index contributed by atoms with van der Waals surface area (Å²) in [6.07, 6.45) is 1.23. The molecule has 0 saturated heterocycles. The number of hydrogen-bond donors (Lipinski definition) is 1. The van der Waals surface area contributed by atoms with Crippen LogP contribution in [0.4, 0.5) is 8.78 Å². The van der Waals surface area contributed by atoms with Crippen LogP contribution in [0.5, 0.6) is 0 Å². The van der Waals surface area contributed by atoms with Crippen LogP contribution in [0.2, 0.25) is 0 Å². The average Bonchev–Trinajstić information content (AvgIpc) is 2.42. The molecule has 0 heterocycles. The molecular weight excluding hydrogens is 278 g/mol. The first-order valence-electron chi connectivity index (χ1n) is 6.64. The molecule has 0 rings (SSSR count). The number of halogens is 2. The van der Waals surface area contributed by atoms with Crippen LogP contribution in [0, 0.1) is 5.92 Å². The third-order valence-corrected chi connectivity index (χ3v) is 2.49. The van der Waals surface area contributed by atoms with E-state index in [1.165, 1.54) is 27.0 Å². The van der Waals surface area contributed by atoms with E-state index < -0.39 is 11.7 Å². The summed E-state index contributed by atoms with van der Waals surface area (Å²) in [4.78, 5) is 23.3. The Hall–Kier alpha value is -1.56. The maximum atomic E-state index is 12.6. The molecule has 0 unspecified atom stereocenters. The number of nitrogens with zero attached hydrogens (tertiary/aromatic N) is 1. The van der Waals surface area contributed by atoms with E-state index >= 15 is 0 Å². The number of allylic oxidation sites excluding steroid dienone is 2. The molecule has 0 saturated carbocycles. The van der Waals surface area contributed by atoms with E-state index in [1.807, 2.05) is 0 Å². The number of likely N-dealkylation sites (N-methyl/N-ethyl adjacent to an activating group) is 2. The molecule has 0 fully saturated rings. The monoisotopic (exact) mass is 306 g/mol. The molecule has 4 nitrogen and oxygen atoms in total. The van der Waals surface area contributed by atoms with Crippen LogP contribution in [0.15, 0.2) is 23.3 Å². The van der Waals surface area contributed by atoms with Crippen LogP contribution in [0.1, 0.15) is 29.1 Å². The minimum Gasteiger partial charge on any atom is -0.353 e. The van der Waals surface area contributed by atoms with Gasteiger partial charge in [-0.05, 0) is 34.0 Å². The highest BCUT2D eigenvalue weighted by Crippen LogP contribution is 2.10. The number of rotatable bonds is 5. The first-order chi connectivity index (χ1) is 9.54. The lowest BCUT2D eigenvalue weighted by Gasteiger charge is -2.04. The number of ketones is 1. The predicted molar refractivity (Wildman–Crippen MR) is 83.3 cm³/mol. The second-order valence-corrected chi connectivity index (χ2v) is 5.07. The van der Waals surface area contributed by atoms with E-state index in [0.717, 1.165) is 0 Å². The van der Waals surface area contributed by atoms with Gasteiger partial charge in [-0.3, -0.25) is 9.59 Å². The summed E-state index contributed by atoms with van der Waals surface area (Å²) in [6.45, 7) is 6.76. The van der Waals surface area contributed by atoms with Crippen LogP contribution < -0.4 is 5.32 Å². The summed E-state index contributed by atoms with van der Waals surface area (Å²) < 4.78 is 24.9. The molecule has 6 heteroatoms. The molecule has 0 atom stereocenters. The Balaban J connectivity index is -0.000000315. The lowest BCUT2D eigenvalue weighted by Crippen LogP contribution is -2.19. The highest BCUT2D eigenvalue weighted by molar-refractivity contribution is 5.96. The number of Topliss-reactive ketones (excluding diaryl/α,β-unsaturated/α-hetero) is 1. The van der Waals surface area contributed by atoms with Crippen LogP contribution in [0.25, 0.3) is 0 Å². The number of hydrogen-bond acceptors (Lipinski definition) is 3. The van der Waals surface area contributed by atoms with Gasteiger partial charge in [-0.15, -0.1) is 0 Å². The van der Waals surface area contributed by atoms with Crippen molar-refractivity contribution in [3.8, 4) is 0 Å². The molecule has 0 aromatic carbocycles. The van der Waals surface area contributed by atoms with Gasteiger partial charge in [-0.2, -0.15) is 0 Å². The average molecular weight is 306 g/mol.